The summed E-state index contributed by atoms with van der Waals surface area (Å²) in [5, 5.41) is 11.8. The fourth-order valence-corrected chi connectivity index (χ4v) is 1.02. The van der Waals surface area contributed by atoms with E-state index in [0.717, 1.165) is 6.07 Å². The zero-order valence-corrected chi connectivity index (χ0v) is 7.46. The number of halogens is 3. The highest BCUT2D eigenvalue weighted by Crippen LogP contribution is 2.27. The molecule has 0 radical (unpaired) electrons. The van der Waals surface area contributed by atoms with Crippen LogP contribution in [0.1, 0.15) is 18.5 Å². The lowest BCUT2D eigenvalue weighted by Crippen LogP contribution is -2.08. The van der Waals surface area contributed by atoms with Gasteiger partial charge in [0.1, 0.15) is 0 Å². The number of hydrogen-bond acceptors (Lipinski definition) is 2. The summed E-state index contributed by atoms with van der Waals surface area (Å²) in [6.45, 7) is 0.448. The lowest BCUT2D eigenvalue weighted by atomic mass is 10.3. The van der Waals surface area contributed by atoms with Crippen LogP contribution in [0.2, 0.25) is 0 Å². The second-order valence-corrected chi connectivity index (χ2v) is 2.89. The summed E-state index contributed by atoms with van der Waals surface area (Å²) in [6, 6.07) is 0.943. The number of aliphatic hydroxyl groups excluding tert-OH is 1. The van der Waals surface area contributed by atoms with Crippen molar-refractivity contribution in [3.8, 4) is 0 Å². The summed E-state index contributed by atoms with van der Waals surface area (Å²) in [5.74, 6) is 0. The Hall–Kier alpha value is -1.04. The molecule has 0 fully saturated rings. The van der Waals surface area contributed by atoms with Crippen molar-refractivity contribution in [3.05, 3.63) is 18.0 Å². The van der Waals surface area contributed by atoms with Crippen molar-refractivity contribution in [2.75, 3.05) is 6.61 Å². The summed E-state index contributed by atoms with van der Waals surface area (Å²) >= 11 is 0. The van der Waals surface area contributed by atoms with E-state index >= 15 is 0 Å². The zero-order chi connectivity index (χ0) is 10.6. The minimum absolute atomic E-state index is 0.0490. The van der Waals surface area contributed by atoms with Crippen LogP contribution in [0.15, 0.2) is 12.3 Å². The molecule has 1 aromatic rings. The minimum atomic E-state index is -4.37. The summed E-state index contributed by atoms with van der Waals surface area (Å²) in [5.41, 5.74) is -0.874. The highest BCUT2D eigenvalue weighted by molar-refractivity contribution is 5.02. The summed E-state index contributed by atoms with van der Waals surface area (Å²) < 4.78 is 37.5. The van der Waals surface area contributed by atoms with E-state index in [1.165, 1.54) is 10.9 Å². The van der Waals surface area contributed by atoms with Gasteiger partial charge in [-0.2, -0.15) is 18.3 Å². The largest absolute Gasteiger partial charge is 0.435 e. The molecule has 1 N–H and O–H groups in total. The molecule has 0 amide bonds. The van der Waals surface area contributed by atoms with Crippen LogP contribution in [0.25, 0.3) is 0 Å². The molecule has 1 aromatic heterocycles. The lowest BCUT2D eigenvalue weighted by Gasteiger charge is -2.02. The molecule has 14 heavy (non-hydrogen) atoms. The van der Waals surface area contributed by atoms with Crippen molar-refractivity contribution in [1.29, 1.82) is 0 Å². The van der Waals surface area contributed by atoms with Crippen LogP contribution in [0.3, 0.4) is 0 Å². The molecular formula is C8H11F3N2O. The summed E-state index contributed by atoms with van der Waals surface area (Å²) in [6.07, 6.45) is -1.89. The number of unbranched alkanes of at least 4 members (excludes halogenated alkanes) is 1. The van der Waals surface area contributed by atoms with Crippen molar-refractivity contribution in [2.24, 2.45) is 0 Å². The van der Waals surface area contributed by atoms with Gasteiger partial charge in [0.05, 0.1) is 0 Å². The maximum atomic E-state index is 12.1. The van der Waals surface area contributed by atoms with Crippen molar-refractivity contribution >= 4 is 0 Å². The maximum Gasteiger partial charge on any atom is 0.435 e. The van der Waals surface area contributed by atoms with Gasteiger partial charge in [-0.1, -0.05) is 0 Å². The molecule has 0 bridgehead atoms. The first-order valence-electron chi connectivity index (χ1n) is 4.25. The van der Waals surface area contributed by atoms with E-state index in [9.17, 15) is 13.2 Å². The van der Waals surface area contributed by atoms with E-state index in [1.807, 2.05) is 0 Å². The van der Waals surface area contributed by atoms with Gasteiger partial charge in [-0.3, -0.25) is 4.68 Å². The van der Waals surface area contributed by atoms with Gasteiger partial charge in [0.15, 0.2) is 5.69 Å². The Balaban J connectivity index is 2.51. The minimum Gasteiger partial charge on any atom is -0.396 e. The molecule has 3 nitrogen and oxygen atoms in total. The van der Waals surface area contributed by atoms with Crippen molar-refractivity contribution in [3.63, 3.8) is 0 Å². The number of aromatic nitrogens is 2. The average Bonchev–Trinajstić information content (AvgIpc) is 2.52. The van der Waals surface area contributed by atoms with E-state index in [-0.39, 0.29) is 6.61 Å². The lowest BCUT2D eigenvalue weighted by molar-refractivity contribution is -0.141. The van der Waals surface area contributed by atoms with Crippen LogP contribution in [0.5, 0.6) is 0 Å². The molecular weight excluding hydrogens is 197 g/mol. The smallest absolute Gasteiger partial charge is 0.396 e. The molecule has 0 aliphatic carbocycles. The van der Waals surface area contributed by atoms with Crippen LogP contribution in [-0.2, 0) is 12.7 Å². The first-order valence-corrected chi connectivity index (χ1v) is 4.25. The molecule has 1 rings (SSSR count). The Morgan fingerprint density at radius 2 is 2.07 bits per heavy atom. The van der Waals surface area contributed by atoms with Gasteiger partial charge >= 0.3 is 6.18 Å². The average molecular weight is 208 g/mol. The highest BCUT2D eigenvalue weighted by atomic mass is 19.4. The summed E-state index contributed by atoms with van der Waals surface area (Å²) in [7, 11) is 0. The number of aryl methyl sites for hydroxylation is 1. The van der Waals surface area contributed by atoms with E-state index in [2.05, 4.69) is 5.10 Å². The van der Waals surface area contributed by atoms with Gasteiger partial charge < -0.3 is 5.11 Å². The fraction of sp³-hybridized carbons (Fsp3) is 0.625. The first-order chi connectivity index (χ1) is 6.54. The number of rotatable bonds is 4. The predicted octanol–water partition coefficient (Wildman–Crippen LogP) is 1.67. The first kappa shape index (κ1) is 11.0. The van der Waals surface area contributed by atoms with Gasteiger partial charge in [-0.15, -0.1) is 0 Å². The van der Waals surface area contributed by atoms with Crippen molar-refractivity contribution < 1.29 is 18.3 Å². The molecule has 0 aliphatic heterocycles. The molecule has 0 spiro atoms. The van der Waals surface area contributed by atoms with E-state index < -0.39 is 11.9 Å². The van der Waals surface area contributed by atoms with Gasteiger partial charge in [0, 0.05) is 19.3 Å². The molecule has 1 heterocycles. The van der Waals surface area contributed by atoms with Gasteiger partial charge in [0.25, 0.3) is 0 Å². The topological polar surface area (TPSA) is 38.0 Å². The standard InChI is InChI=1S/C8H11F3N2O/c9-8(10,11)7-3-5-13(12-7)4-1-2-6-14/h3,5,14H,1-2,4,6H2. The SMILES string of the molecule is OCCCCn1ccc(C(F)(F)F)n1. The van der Waals surface area contributed by atoms with Crippen LogP contribution >= 0.6 is 0 Å². The highest BCUT2D eigenvalue weighted by Gasteiger charge is 2.33. The Bertz CT molecular complexity index is 282. The van der Waals surface area contributed by atoms with E-state index in [4.69, 9.17) is 5.11 Å². The molecule has 0 saturated carbocycles. The summed E-state index contributed by atoms with van der Waals surface area (Å²) in [4.78, 5) is 0. The number of nitrogens with zero attached hydrogens (tertiary/aromatic N) is 2. The molecule has 0 aromatic carbocycles. The van der Waals surface area contributed by atoms with Crippen LogP contribution < -0.4 is 0 Å². The van der Waals surface area contributed by atoms with Gasteiger partial charge in [0.2, 0.25) is 0 Å². The molecule has 0 unspecified atom stereocenters. The van der Waals surface area contributed by atoms with E-state index in [1.54, 1.807) is 0 Å². The maximum absolute atomic E-state index is 12.1. The molecule has 0 aliphatic rings. The zero-order valence-electron chi connectivity index (χ0n) is 7.46. The van der Waals surface area contributed by atoms with Crippen LogP contribution in [0.4, 0.5) is 13.2 Å². The Kier molecular flexibility index (Phi) is 3.51. The molecule has 0 atom stereocenters. The Labute approximate surface area is 79.2 Å². The van der Waals surface area contributed by atoms with Crippen LogP contribution in [-0.4, -0.2) is 21.5 Å². The third kappa shape index (κ3) is 3.02. The molecule has 0 saturated heterocycles. The van der Waals surface area contributed by atoms with Crippen LogP contribution in [0, 0.1) is 0 Å². The van der Waals surface area contributed by atoms with Crippen molar-refractivity contribution in [2.45, 2.75) is 25.6 Å². The third-order valence-electron chi connectivity index (χ3n) is 1.73. The number of aliphatic hydroxyl groups is 1. The Morgan fingerprint density at radius 3 is 2.57 bits per heavy atom. The second kappa shape index (κ2) is 4.45. The molecule has 6 heteroatoms. The second-order valence-electron chi connectivity index (χ2n) is 2.89. The Morgan fingerprint density at radius 1 is 1.36 bits per heavy atom. The van der Waals surface area contributed by atoms with E-state index in [0.29, 0.717) is 19.4 Å². The normalized spacial score (nSPS) is 12.0. The number of alkyl halides is 3. The number of hydrogen-bond donors (Lipinski definition) is 1. The van der Waals surface area contributed by atoms with Gasteiger partial charge in [-0.05, 0) is 18.9 Å². The van der Waals surface area contributed by atoms with Gasteiger partial charge in [-0.25, -0.2) is 0 Å². The fourth-order valence-electron chi connectivity index (χ4n) is 1.02. The van der Waals surface area contributed by atoms with Crippen molar-refractivity contribution in [1.82, 2.24) is 9.78 Å². The third-order valence-corrected chi connectivity index (χ3v) is 1.73. The molecule has 80 valence electrons. The predicted molar refractivity (Wildman–Crippen MR) is 43.5 cm³/mol. The monoisotopic (exact) mass is 208 g/mol. The quantitative estimate of drug-likeness (QED) is 0.764.